The highest BCUT2D eigenvalue weighted by Crippen LogP contribution is 2.61. The van der Waals surface area contributed by atoms with Crippen LogP contribution in [0.4, 0.5) is 0 Å². The first kappa shape index (κ1) is 17.7. The summed E-state index contributed by atoms with van der Waals surface area (Å²) in [7, 11) is 3.47. The molecule has 27 heavy (non-hydrogen) atoms. The molecule has 0 saturated heterocycles. The molecule has 0 aromatic carbocycles. The summed E-state index contributed by atoms with van der Waals surface area (Å²) < 4.78 is 16.5. The van der Waals surface area contributed by atoms with Gasteiger partial charge in [0.1, 0.15) is 0 Å². The first-order valence-electron chi connectivity index (χ1n) is 10.5. The van der Waals surface area contributed by atoms with Crippen molar-refractivity contribution in [1.82, 2.24) is 0 Å². The molecule has 5 rings (SSSR count). The largest absolute Gasteiger partial charge is 0.501 e. The van der Waals surface area contributed by atoms with Gasteiger partial charge < -0.3 is 14.2 Å². The molecule has 1 aliphatic heterocycles. The Hall–Kier alpha value is -1.39. The number of allylic oxidation sites excluding steroid dienone is 5. The molecule has 0 radical (unpaired) electrons. The van der Waals surface area contributed by atoms with Gasteiger partial charge in [0, 0.05) is 13.5 Å². The Balaban J connectivity index is 1.40. The first-order chi connectivity index (χ1) is 13.1. The number of aliphatic imine (C=N–C) groups is 1. The summed E-state index contributed by atoms with van der Waals surface area (Å²) in [5.74, 6) is 4.26. The molecule has 1 unspecified atom stereocenters. The highest BCUT2D eigenvalue weighted by atomic mass is 16.7. The molecule has 0 spiro atoms. The second kappa shape index (κ2) is 6.59. The molecule has 0 aromatic heterocycles. The van der Waals surface area contributed by atoms with Gasteiger partial charge in [-0.15, -0.1) is 0 Å². The monoisotopic (exact) mass is 369 g/mol. The Bertz CT molecular complexity index is 749. The van der Waals surface area contributed by atoms with Gasteiger partial charge in [-0.1, -0.05) is 19.1 Å². The van der Waals surface area contributed by atoms with Crippen LogP contribution in [0.25, 0.3) is 0 Å². The number of nitrogens with zero attached hydrogens (tertiary/aromatic N) is 1. The van der Waals surface area contributed by atoms with Crippen LogP contribution in [0.1, 0.15) is 45.4 Å². The summed E-state index contributed by atoms with van der Waals surface area (Å²) in [5.41, 5.74) is 4.37. The van der Waals surface area contributed by atoms with Crippen LogP contribution in [0.5, 0.6) is 0 Å². The van der Waals surface area contributed by atoms with E-state index in [1.165, 1.54) is 37.7 Å². The predicted molar refractivity (Wildman–Crippen MR) is 105 cm³/mol. The lowest BCUT2D eigenvalue weighted by atomic mass is 9.52. The fraction of sp³-hybridized carbons (Fsp3) is 0.696. The Morgan fingerprint density at radius 1 is 1.15 bits per heavy atom. The predicted octanol–water partition coefficient (Wildman–Crippen LogP) is 4.64. The maximum Gasteiger partial charge on any atom is 0.258 e. The Kier molecular flexibility index (Phi) is 4.32. The normalized spacial score (nSPS) is 43.0. The minimum Gasteiger partial charge on any atom is -0.501 e. The van der Waals surface area contributed by atoms with Crippen LogP contribution in [0.2, 0.25) is 0 Å². The van der Waals surface area contributed by atoms with E-state index in [4.69, 9.17) is 14.2 Å². The zero-order chi connectivity index (χ0) is 18.6. The molecular weight excluding hydrogens is 338 g/mol. The van der Waals surface area contributed by atoms with E-state index in [1.54, 1.807) is 19.8 Å². The van der Waals surface area contributed by atoms with Crippen molar-refractivity contribution in [2.75, 3.05) is 20.8 Å². The van der Waals surface area contributed by atoms with Crippen LogP contribution < -0.4 is 0 Å². The molecule has 1 saturated carbocycles. The molecule has 5 aliphatic rings. The minimum atomic E-state index is -0.413. The average Bonchev–Trinajstić information content (AvgIpc) is 3.30. The molecule has 0 aromatic rings. The van der Waals surface area contributed by atoms with E-state index in [9.17, 15) is 0 Å². The van der Waals surface area contributed by atoms with Gasteiger partial charge in [0.2, 0.25) is 0 Å². The number of ether oxygens (including phenoxy) is 3. The van der Waals surface area contributed by atoms with E-state index in [-0.39, 0.29) is 5.41 Å². The Morgan fingerprint density at radius 2 is 2.04 bits per heavy atom. The highest BCUT2D eigenvalue weighted by Gasteiger charge is 2.54. The van der Waals surface area contributed by atoms with E-state index in [2.05, 4.69) is 30.1 Å². The maximum absolute atomic E-state index is 5.66. The summed E-state index contributed by atoms with van der Waals surface area (Å²) in [6, 6.07) is 0. The lowest BCUT2D eigenvalue weighted by Gasteiger charge is -2.52. The van der Waals surface area contributed by atoms with Crippen molar-refractivity contribution < 1.29 is 14.2 Å². The van der Waals surface area contributed by atoms with Crippen molar-refractivity contribution in [3.8, 4) is 0 Å². The van der Waals surface area contributed by atoms with Crippen LogP contribution >= 0.6 is 0 Å². The fourth-order valence-electron chi connectivity index (χ4n) is 6.72. The smallest absolute Gasteiger partial charge is 0.258 e. The zero-order valence-corrected chi connectivity index (χ0v) is 16.7. The second-order valence-corrected chi connectivity index (χ2v) is 9.07. The van der Waals surface area contributed by atoms with Crippen LogP contribution in [0.3, 0.4) is 0 Å². The number of rotatable bonds is 3. The van der Waals surface area contributed by atoms with Crippen molar-refractivity contribution in [2.45, 2.75) is 51.9 Å². The molecule has 1 fully saturated rings. The van der Waals surface area contributed by atoms with Gasteiger partial charge in [-0.2, -0.15) is 0 Å². The molecular formula is C23H31NO3. The fourth-order valence-corrected chi connectivity index (χ4v) is 6.72. The van der Waals surface area contributed by atoms with Crippen LogP contribution in [0, 0.1) is 29.1 Å². The molecule has 6 atom stereocenters. The topological polar surface area (TPSA) is 40.0 Å². The Labute approximate surface area is 162 Å². The molecule has 0 amide bonds. The van der Waals surface area contributed by atoms with Crippen LogP contribution in [0.15, 0.2) is 40.1 Å². The lowest BCUT2D eigenvalue weighted by Crippen LogP contribution is -2.45. The molecule has 1 heterocycles. The van der Waals surface area contributed by atoms with E-state index in [0.717, 1.165) is 41.6 Å². The van der Waals surface area contributed by atoms with E-state index in [1.807, 2.05) is 0 Å². The van der Waals surface area contributed by atoms with Crippen LogP contribution in [-0.2, 0) is 14.2 Å². The van der Waals surface area contributed by atoms with Crippen molar-refractivity contribution in [3.63, 3.8) is 0 Å². The van der Waals surface area contributed by atoms with Gasteiger partial charge in [-0.3, -0.25) is 0 Å². The number of fused-ring (bicyclic) bond motifs is 5. The number of hydrogen-bond donors (Lipinski definition) is 0. The summed E-state index contributed by atoms with van der Waals surface area (Å²) in [6.45, 7) is 3.08. The molecule has 146 valence electrons. The van der Waals surface area contributed by atoms with Gasteiger partial charge in [0.15, 0.2) is 0 Å². The second-order valence-electron chi connectivity index (χ2n) is 9.07. The van der Waals surface area contributed by atoms with Gasteiger partial charge in [0.25, 0.3) is 6.41 Å². The van der Waals surface area contributed by atoms with E-state index < -0.39 is 6.41 Å². The Morgan fingerprint density at radius 3 is 2.81 bits per heavy atom. The summed E-state index contributed by atoms with van der Waals surface area (Å²) in [5, 5.41) is 0. The van der Waals surface area contributed by atoms with Crippen molar-refractivity contribution in [1.29, 1.82) is 0 Å². The summed E-state index contributed by atoms with van der Waals surface area (Å²) in [4.78, 5) is 4.68. The van der Waals surface area contributed by atoms with Crippen molar-refractivity contribution in [2.24, 2.45) is 34.1 Å². The van der Waals surface area contributed by atoms with Crippen LogP contribution in [-0.4, -0.2) is 33.0 Å². The third kappa shape index (κ3) is 2.67. The molecule has 0 N–H and O–H groups in total. The number of methoxy groups -OCH3 is 2. The third-order valence-electron chi connectivity index (χ3n) is 8.07. The van der Waals surface area contributed by atoms with Gasteiger partial charge >= 0.3 is 0 Å². The first-order valence-corrected chi connectivity index (χ1v) is 10.5. The SMILES string of the molecule is COC1=CC2=CC[C@@H]3[C@H](CC[C@]4(C)C(C5=NC(OC)OC5)=CC[C@@H]34)[C@H]2CC1. The molecule has 4 aliphatic carbocycles. The van der Waals surface area contributed by atoms with Crippen molar-refractivity contribution in [3.05, 3.63) is 35.1 Å². The maximum atomic E-state index is 5.66. The quantitative estimate of drug-likeness (QED) is 0.728. The van der Waals surface area contributed by atoms with Gasteiger partial charge in [0.05, 0.1) is 25.2 Å². The van der Waals surface area contributed by atoms with E-state index in [0.29, 0.717) is 6.61 Å². The van der Waals surface area contributed by atoms with Gasteiger partial charge in [-0.25, -0.2) is 4.99 Å². The lowest BCUT2D eigenvalue weighted by molar-refractivity contribution is -0.0915. The van der Waals surface area contributed by atoms with Gasteiger partial charge in [-0.05, 0) is 78.4 Å². The summed E-state index contributed by atoms with van der Waals surface area (Å²) in [6.07, 6.45) is 14.3. The molecule has 4 nitrogen and oxygen atoms in total. The van der Waals surface area contributed by atoms with E-state index >= 15 is 0 Å². The van der Waals surface area contributed by atoms with Crippen molar-refractivity contribution >= 4 is 5.71 Å². The number of hydrogen-bond acceptors (Lipinski definition) is 4. The third-order valence-corrected chi connectivity index (χ3v) is 8.07. The minimum absolute atomic E-state index is 0.250. The molecule has 4 heteroatoms. The highest BCUT2D eigenvalue weighted by molar-refractivity contribution is 6.03. The summed E-state index contributed by atoms with van der Waals surface area (Å²) >= 11 is 0. The average molecular weight is 370 g/mol. The molecule has 0 bridgehead atoms. The standard InChI is InChI=1S/C23H31NO3/c1-23-11-10-17-16-7-5-15(25-2)12-14(16)4-6-18(17)19(23)8-9-20(23)21-13-27-22(24-21)26-3/h4,9,12,16-19,22H,5-8,10-11,13H2,1-3H3/t16-,17+,18+,19-,22?,23-/m0/s1. The zero-order valence-electron chi connectivity index (χ0n) is 16.7.